The molecule has 0 spiro atoms. The number of anilines is 1. The molecule has 0 unspecified atom stereocenters. The molecule has 8 heteroatoms. The second-order valence-electron chi connectivity index (χ2n) is 12.8. The standard InChI is InChI=1S/C33H46N2O5S/c1-22(2)20-29(36)39-33(4,5)40-32(38)30-27(21-28(41-30)24-10-8-7-9-11-24)35(26-16-18-34(6)19-17-26)31(37)25-14-12-23(3)13-15-25/h7-11,21-23,25-26H,12-20H2,1-6H3. The Kier molecular flexibility index (Phi) is 10.3. The fraction of sp³-hybridized carbons (Fsp3) is 0.606. The Labute approximate surface area is 249 Å². The summed E-state index contributed by atoms with van der Waals surface area (Å²) in [4.78, 5) is 46.1. The van der Waals surface area contributed by atoms with Crippen LogP contribution in [0.25, 0.3) is 10.4 Å². The molecule has 1 saturated carbocycles. The van der Waals surface area contributed by atoms with E-state index in [9.17, 15) is 14.4 Å². The van der Waals surface area contributed by atoms with Crippen molar-refractivity contribution in [3.05, 3.63) is 41.3 Å². The Morgan fingerprint density at radius 3 is 2.24 bits per heavy atom. The van der Waals surface area contributed by atoms with Crippen molar-refractivity contribution in [3.63, 3.8) is 0 Å². The summed E-state index contributed by atoms with van der Waals surface area (Å²) < 4.78 is 11.4. The molecule has 1 aromatic heterocycles. The number of hydrogen-bond acceptors (Lipinski definition) is 7. The lowest BCUT2D eigenvalue weighted by molar-refractivity contribution is -0.196. The molecule has 2 aromatic rings. The summed E-state index contributed by atoms with van der Waals surface area (Å²) in [6, 6.07) is 11.9. The number of rotatable bonds is 9. The molecule has 2 heterocycles. The molecular weight excluding hydrogens is 536 g/mol. The number of hydrogen-bond donors (Lipinski definition) is 0. The number of carbonyl (C=O) groups excluding carboxylic acids is 3. The van der Waals surface area contributed by atoms with Gasteiger partial charge in [-0.05, 0) is 82.1 Å². The van der Waals surface area contributed by atoms with Crippen molar-refractivity contribution in [2.75, 3.05) is 25.0 Å². The zero-order valence-corrected chi connectivity index (χ0v) is 26.3. The third-order valence-corrected chi connectivity index (χ3v) is 9.30. The van der Waals surface area contributed by atoms with E-state index in [4.69, 9.17) is 9.47 Å². The minimum absolute atomic E-state index is 0.000275. The second kappa shape index (κ2) is 13.5. The summed E-state index contributed by atoms with van der Waals surface area (Å²) in [5, 5.41) is 0. The Morgan fingerprint density at radius 1 is 1.00 bits per heavy atom. The quantitative estimate of drug-likeness (QED) is 0.231. The third kappa shape index (κ3) is 8.19. The van der Waals surface area contributed by atoms with Gasteiger partial charge in [-0.25, -0.2) is 4.79 Å². The van der Waals surface area contributed by atoms with E-state index in [2.05, 4.69) is 18.9 Å². The minimum atomic E-state index is -1.45. The van der Waals surface area contributed by atoms with Gasteiger partial charge in [0.1, 0.15) is 4.88 Å². The van der Waals surface area contributed by atoms with Crippen molar-refractivity contribution in [2.45, 2.75) is 91.4 Å². The van der Waals surface area contributed by atoms with Crippen molar-refractivity contribution in [1.29, 1.82) is 0 Å². The van der Waals surface area contributed by atoms with Gasteiger partial charge in [0.25, 0.3) is 5.79 Å². The Bertz CT molecular complexity index is 1190. The maximum absolute atomic E-state index is 14.3. The smallest absolute Gasteiger partial charge is 0.353 e. The lowest BCUT2D eigenvalue weighted by atomic mass is 9.82. The Hall–Kier alpha value is -2.71. The first-order chi connectivity index (χ1) is 19.4. The highest BCUT2D eigenvalue weighted by atomic mass is 32.1. The summed E-state index contributed by atoms with van der Waals surface area (Å²) in [7, 11) is 2.11. The molecule has 0 radical (unpaired) electrons. The van der Waals surface area contributed by atoms with Gasteiger partial charge < -0.3 is 19.3 Å². The molecule has 1 aromatic carbocycles. The van der Waals surface area contributed by atoms with Gasteiger partial charge in [-0.15, -0.1) is 11.3 Å². The lowest BCUT2D eigenvalue weighted by Gasteiger charge is -2.40. The molecule has 7 nitrogen and oxygen atoms in total. The van der Waals surface area contributed by atoms with Gasteiger partial charge in [0.15, 0.2) is 0 Å². The van der Waals surface area contributed by atoms with E-state index in [1.807, 2.05) is 55.1 Å². The minimum Gasteiger partial charge on any atom is -0.423 e. The van der Waals surface area contributed by atoms with E-state index in [1.165, 1.54) is 11.3 Å². The van der Waals surface area contributed by atoms with Crippen LogP contribution in [0.15, 0.2) is 36.4 Å². The molecule has 2 fully saturated rings. The molecule has 0 N–H and O–H groups in total. The number of amides is 1. The SMILES string of the molecule is CC(C)CC(=O)OC(C)(C)OC(=O)c1sc(-c2ccccc2)cc1N(C(=O)C1CCC(C)CC1)C1CCN(C)CC1. The van der Waals surface area contributed by atoms with Gasteiger partial charge in [-0.1, -0.05) is 51.1 Å². The highest BCUT2D eigenvalue weighted by Gasteiger charge is 2.38. The average molecular weight is 583 g/mol. The van der Waals surface area contributed by atoms with Gasteiger partial charge in [0, 0.05) is 37.1 Å². The van der Waals surface area contributed by atoms with Gasteiger partial charge in [0.05, 0.1) is 5.69 Å². The lowest BCUT2D eigenvalue weighted by Crippen LogP contribution is -2.49. The number of ether oxygens (including phenoxy) is 2. The Morgan fingerprint density at radius 2 is 1.63 bits per heavy atom. The van der Waals surface area contributed by atoms with Gasteiger partial charge in [0.2, 0.25) is 5.91 Å². The summed E-state index contributed by atoms with van der Waals surface area (Å²) in [5.74, 6) is -1.62. The molecule has 0 atom stereocenters. The second-order valence-corrected chi connectivity index (χ2v) is 13.8. The number of esters is 2. The van der Waals surface area contributed by atoms with Crippen LogP contribution < -0.4 is 4.90 Å². The van der Waals surface area contributed by atoms with Gasteiger partial charge in [-0.2, -0.15) is 0 Å². The number of carbonyl (C=O) groups is 3. The summed E-state index contributed by atoms with van der Waals surface area (Å²) in [6.45, 7) is 11.1. The Balaban J connectivity index is 1.72. The predicted octanol–water partition coefficient (Wildman–Crippen LogP) is 7.15. The largest absolute Gasteiger partial charge is 0.423 e. The normalized spacial score (nSPS) is 20.6. The van der Waals surface area contributed by atoms with E-state index in [1.54, 1.807) is 13.8 Å². The van der Waals surface area contributed by atoms with Crippen LogP contribution in [-0.4, -0.2) is 54.7 Å². The van der Waals surface area contributed by atoms with Gasteiger partial charge in [-0.3, -0.25) is 9.59 Å². The van der Waals surface area contributed by atoms with Crippen LogP contribution in [0.3, 0.4) is 0 Å². The third-order valence-electron chi connectivity index (χ3n) is 8.14. The predicted molar refractivity (Wildman–Crippen MR) is 164 cm³/mol. The molecule has 4 rings (SSSR count). The highest BCUT2D eigenvalue weighted by molar-refractivity contribution is 7.18. The van der Waals surface area contributed by atoms with Crippen LogP contribution >= 0.6 is 11.3 Å². The molecule has 41 heavy (non-hydrogen) atoms. The van der Waals surface area contributed by atoms with Crippen molar-refractivity contribution < 1.29 is 23.9 Å². The van der Waals surface area contributed by atoms with Crippen LogP contribution in [0.1, 0.15) is 89.2 Å². The number of thiophene rings is 1. The van der Waals surface area contributed by atoms with E-state index in [0.717, 1.165) is 62.1 Å². The first-order valence-corrected chi connectivity index (χ1v) is 15.9. The van der Waals surface area contributed by atoms with E-state index < -0.39 is 17.7 Å². The molecule has 1 aliphatic carbocycles. The van der Waals surface area contributed by atoms with E-state index in [0.29, 0.717) is 16.5 Å². The van der Waals surface area contributed by atoms with Crippen molar-refractivity contribution in [2.24, 2.45) is 17.8 Å². The van der Waals surface area contributed by atoms with Crippen LogP contribution in [0.5, 0.6) is 0 Å². The molecule has 0 bridgehead atoms. The van der Waals surface area contributed by atoms with Crippen molar-refractivity contribution in [1.82, 2.24) is 4.90 Å². The number of likely N-dealkylation sites (tertiary alicyclic amines) is 1. The zero-order valence-electron chi connectivity index (χ0n) is 25.5. The molecule has 224 valence electrons. The van der Waals surface area contributed by atoms with E-state index in [-0.39, 0.29) is 30.2 Å². The zero-order chi connectivity index (χ0) is 29.7. The number of benzene rings is 1. The topological polar surface area (TPSA) is 76.1 Å². The monoisotopic (exact) mass is 582 g/mol. The molecule has 1 saturated heterocycles. The van der Waals surface area contributed by atoms with Crippen LogP contribution in [0, 0.1) is 17.8 Å². The van der Waals surface area contributed by atoms with Crippen molar-refractivity contribution in [3.8, 4) is 10.4 Å². The highest BCUT2D eigenvalue weighted by Crippen LogP contribution is 2.42. The van der Waals surface area contributed by atoms with E-state index >= 15 is 0 Å². The van der Waals surface area contributed by atoms with Crippen LogP contribution in [0.2, 0.25) is 0 Å². The van der Waals surface area contributed by atoms with Crippen molar-refractivity contribution >= 4 is 34.9 Å². The maximum Gasteiger partial charge on any atom is 0.353 e. The first kappa shape index (κ1) is 31.2. The number of piperidine rings is 1. The van der Waals surface area contributed by atoms with Crippen LogP contribution in [-0.2, 0) is 19.1 Å². The maximum atomic E-state index is 14.3. The summed E-state index contributed by atoms with van der Waals surface area (Å²) in [5.41, 5.74) is 1.59. The fourth-order valence-electron chi connectivity index (χ4n) is 5.84. The summed E-state index contributed by atoms with van der Waals surface area (Å²) in [6.07, 6.45) is 5.75. The van der Waals surface area contributed by atoms with Gasteiger partial charge >= 0.3 is 11.9 Å². The first-order valence-electron chi connectivity index (χ1n) is 15.1. The van der Waals surface area contributed by atoms with Crippen LogP contribution in [0.4, 0.5) is 5.69 Å². The molecular formula is C33H46N2O5S. The molecule has 1 amide bonds. The molecule has 1 aliphatic heterocycles. The summed E-state index contributed by atoms with van der Waals surface area (Å²) >= 11 is 1.33. The fourth-order valence-corrected chi connectivity index (χ4v) is 6.87. The molecule has 2 aliphatic rings. The average Bonchev–Trinajstić information content (AvgIpc) is 3.35. The number of nitrogens with zero attached hydrogens (tertiary/aromatic N) is 2.